The zero-order valence-electron chi connectivity index (χ0n) is 23.1. The lowest BCUT2D eigenvalue weighted by Crippen LogP contribution is -2.11. The molecule has 2 nitrogen and oxygen atoms in total. The molecule has 1 aromatic heterocycles. The summed E-state index contributed by atoms with van der Waals surface area (Å²) < 4.78 is 2.46. The van der Waals surface area contributed by atoms with Crippen molar-refractivity contribution in [3.05, 3.63) is 170 Å². The highest BCUT2D eigenvalue weighted by Gasteiger charge is 2.23. The molecule has 0 spiro atoms. The topological polar surface area (TPSA) is 8.17 Å². The highest BCUT2D eigenvalue weighted by molar-refractivity contribution is 6.25. The van der Waals surface area contributed by atoms with Gasteiger partial charge in [-0.3, -0.25) is 0 Å². The molecule has 0 saturated heterocycles. The molecule has 0 N–H and O–H groups in total. The van der Waals surface area contributed by atoms with Crippen LogP contribution >= 0.6 is 0 Å². The minimum atomic E-state index is 1.12. The number of aromatic nitrogens is 1. The van der Waals surface area contributed by atoms with E-state index < -0.39 is 0 Å². The van der Waals surface area contributed by atoms with Crippen molar-refractivity contribution in [2.24, 2.45) is 0 Å². The average molecular weight is 537 g/mol. The quantitative estimate of drug-likeness (QED) is 0.212. The molecule has 0 unspecified atom stereocenters. The maximum atomic E-state index is 2.46. The van der Waals surface area contributed by atoms with Gasteiger partial charge in [-0.05, 0) is 70.4 Å². The maximum Gasteiger partial charge on any atom is 0.0788 e. The van der Waals surface area contributed by atoms with Crippen LogP contribution in [0.3, 0.4) is 0 Å². The molecule has 0 radical (unpaired) electrons. The second-order valence-corrected chi connectivity index (χ2v) is 10.6. The minimum Gasteiger partial charge on any atom is -0.308 e. The van der Waals surface area contributed by atoms with Gasteiger partial charge in [0.05, 0.1) is 16.7 Å². The first kappa shape index (κ1) is 24.2. The van der Waals surface area contributed by atoms with Crippen LogP contribution in [0.25, 0.3) is 49.4 Å². The average Bonchev–Trinajstić information content (AvgIpc) is 3.42. The smallest absolute Gasteiger partial charge is 0.0788 e. The van der Waals surface area contributed by atoms with Gasteiger partial charge in [0, 0.05) is 27.8 Å². The predicted octanol–water partition coefficient (Wildman–Crippen LogP) is 11.1. The highest BCUT2D eigenvalue weighted by atomic mass is 15.2. The Morgan fingerprint density at radius 3 is 1.71 bits per heavy atom. The fourth-order valence-electron chi connectivity index (χ4n) is 6.30. The lowest BCUT2D eigenvalue weighted by molar-refractivity contribution is 1.17. The van der Waals surface area contributed by atoms with E-state index in [1.807, 2.05) is 0 Å². The summed E-state index contributed by atoms with van der Waals surface area (Å²) in [6.45, 7) is 0. The van der Waals surface area contributed by atoms with Crippen LogP contribution < -0.4 is 4.90 Å². The molecule has 8 rings (SSSR count). The van der Waals surface area contributed by atoms with Crippen molar-refractivity contribution in [1.82, 2.24) is 4.57 Å². The molecule has 1 heterocycles. The van der Waals surface area contributed by atoms with Crippen molar-refractivity contribution >= 4 is 49.6 Å². The van der Waals surface area contributed by atoms with Gasteiger partial charge < -0.3 is 9.47 Å². The summed E-state index contributed by atoms with van der Waals surface area (Å²) in [5.74, 6) is 0. The van der Waals surface area contributed by atoms with E-state index in [4.69, 9.17) is 0 Å². The van der Waals surface area contributed by atoms with E-state index >= 15 is 0 Å². The van der Waals surface area contributed by atoms with Gasteiger partial charge >= 0.3 is 0 Å². The summed E-state index contributed by atoms with van der Waals surface area (Å²) >= 11 is 0. The number of rotatable bonds is 5. The summed E-state index contributed by atoms with van der Waals surface area (Å²) in [6, 6.07) is 60.9. The summed E-state index contributed by atoms with van der Waals surface area (Å²) in [5, 5.41) is 4.99. The van der Waals surface area contributed by atoms with E-state index in [1.165, 1.54) is 43.7 Å². The van der Waals surface area contributed by atoms with Crippen molar-refractivity contribution < 1.29 is 0 Å². The molecule has 0 aliphatic carbocycles. The molecule has 0 saturated carbocycles. The molecular formula is C40H28N2. The molecule has 7 aromatic carbocycles. The van der Waals surface area contributed by atoms with E-state index in [0.717, 1.165) is 22.7 Å². The molecular weight excluding hydrogens is 508 g/mol. The first-order valence-corrected chi connectivity index (χ1v) is 14.4. The lowest BCUT2D eigenvalue weighted by Gasteiger charge is -2.27. The van der Waals surface area contributed by atoms with Crippen molar-refractivity contribution in [2.75, 3.05) is 4.90 Å². The third-order valence-electron chi connectivity index (χ3n) is 8.12. The minimum absolute atomic E-state index is 1.12. The second-order valence-electron chi connectivity index (χ2n) is 10.6. The fraction of sp³-hybridized carbons (Fsp3) is 0. The normalized spacial score (nSPS) is 11.3. The molecule has 198 valence electrons. The fourth-order valence-corrected chi connectivity index (χ4v) is 6.30. The summed E-state index contributed by atoms with van der Waals surface area (Å²) in [6.07, 6.45) is 0. The predicted molar refractivity (Wildman–Crippen MR) is 178 cm³/mol. The number of fused-ring (bicyclic) bond motifs is 5. The van der Waals surface area contributed by atoms with Gasteiger partial charge in [0.15, 0.2) is 0 Å². The summed E-state index contributed by atoms with van der Waals surface area (Å²) in [5.41, 5.74) is 9.31. The number of benzene rings is 7. The Hall–Kier alpha value is -5.60. The van der Waals surface area contributed by atoms with E-state index in [9.17, 15) is 0 Å². The van der Waals surface area contributed by atoms with Gasteiger partial charge in [0.25, 0.3) is 0 Å². The number of anilines is 3. The third-order valence-corrected chi connectivity index (χ3v) is 8.12. The number of hydrogen-bond donors (Lipinski definition) is 0. The Balaban J connectivity index is 1.54. The van der Waals surface area contributed by atoms with E-state index in [2.05, 4.69) is 179 Å². The summed E-state index contributed by atoms with van der Waals surface area (Å²) in [4.78, 5) is 2.39. The first-order valence-electron chi connectivity index (χ1n) is 14.4. The van der Waals surface area contributed by atoms with E-state index in [0.29, 0.717) is 0 Å². The van der Waals surface area contributed by atoms with Crippen molar-refractivity contribution in [3.63, 3.8) is 0 Å². The Morgan fingerprint density at radius 1 is 0.429 bits per heavy atom. The molecule has 0 amide bonds. The van der Waals surface area contributed by atoms with Crippen LogP contribution in [0.2, 0.25) is 0 Å². The Morgan fingerprint density at radius 2 is 1.00 bits per heavy atom. The molecule has 2 heteroatoms. The standard InChI is InChI=1S/C40H28N2/c1-4-15-29(16-5-1)30-18-14-23-34(27-30)42-37-26-13-12-25-36(37)39-35-24-11-10-17-31(35)28-38(40(39)42)41(32-19-6-2-7-20-32)33-21-8-3-9-22-33/h1-28H. The van der Waals surface area contributed by atoms with E-state index in [1.54, 1.807) is 0 Å². The zero-order chi connectivity index (χ0) is 27.9. The van der Waals surface area contributed by atoms with Gasteiger partial charge in [-0.2, -0.15) is 0 Å². The lowest BCUT2D eigenvalue weighted by atomic mass is 10.0. The van der Waals surface area contributed by atoms with Gasteiger partial charge in [-0.1, -0.05) is 121 Å². The molecule has 0 fully saturated rings. The molecule has 0 aliphatic rings. The number of para-hydroxylation sites is 3. The molecule has 0 bridgehead atoms. The number of hydrogen-bond acceptors (Lipinski definition) is 1. The van der Waals surface area contributed by atoms with Crippen molar-refractivity contribution in [3.8, 4) is 16.8 Å². The monoisotopic (exact) mass is 536 g/mol. The highest BCUT2D eigenvalue weighted by Crippen LogP contribution is 2.46. The third kappa shape index (κ3) is 3.96. The molecule has 42 heavy (non-hydrogen) atoms. The number of nitrogens with zero attached hydrogens (tertiary/aromatic N) is 2. The maximum absolute atomic E-state index is 2.46. The van der Waals surface area contributed by atoms with Crippen LogP contribution in [0.15, 0.2) is 170 Å². The van der Waals surface area contributed by atoms with Gasteiger partial charge in [-0.15, -0.1) is 0 Å². The SMILES string of the molecule is c1ccc(-c2cccc(-n3c4ccccc4c4c5ccccc5cc(N(c5ccccc5)c5ccccc5)c43)c2)cc1. The van der Waals surface area contributed by atoms with Crippen LogP contribution in [-0.4, -0.2) is 4.57 Å². The van der Waals surface area contributed by atoms with Crippen LogP contribution in [0.4, 0.5) is 17.1 Å². The largest absolute Gasteiger partial charge is 0.308 e. The molecule has 0 aliphatic heterocycles. The van der Waals surface area contributed by atoms with Crippen molar-refractivity contribution in [1.29, 1.82) is 0 Å². The summed E-state index contributed by atoms with van der Waals surface area (Å²) in [7, 11) is 0. The first-order chi connectivity index (χ1) is 20.9. The second kappa shape index (κ2) is 10.1. The van der Waals surface area contributed by atoms with Crippen LogP contribution in [0.5, 0.6) is 0 Å². The molecule has 8 aromatic rings. The Bertz CT molecular complexity index is 2140. The van der Waals surface area contributed by atoms with Crippen LogP contribution in [0.1, 0.15) is 0 Å². The van der Waals surface area contributed by atoms with Gasteiger partial charge in [0.1, 0.15) is 0 Å². The Kier molecular flexibility index (Phi) is 5.82. The van der Waals surface area contributed by atoms with Crippen LogP contribution in [-0.2, 0) is 0 Å². The van der Waals surface area contributed by atoms with Gasteiger partial charge in [-0.25, -0.2) is 0 Å². The van der Waals surface area contributed by atoms with Crippen LogP contribution in [0, 0.1) is 0 Å². The van der Waals surface area contributed by atoms with Crippen molar-refractivity contribution in [2.45, 2.75) is 0 Å². The Labute approximate surface area is 245 Å². The van der Waals surface area contributed by atoms with E-state index in [-0.39, 0.29) is 0 Å². The van der Waals surface area contributed by atoms with Gasteiger partial charge in [0.2, 0.25) is 0 Å². The zero-order valence-corrected chi connectivity index (χ0v) is 23.1. The molecule has 0 atom stereocenters.